The van der Waals surface area contributed by atoms with E-state index in [2.05, 4.69) is 126 Å². The van der Waals surface area contributed by atoms with Crippen LogP contribution in [-0.2, 0) is 0 Å². The fraction of sp³-hybridized carbons (Fsp3) is 0. The molecule has 0 radical (unpaired) electrons. The Labute approximate surface area is 199 Å². The van der Waals surface area contributed by atoms with Crippen LogP contribution in [0.4, 0.5) is 22.7 Å². The first-order valence-corrected chi connectivity index (χ1v) is 11.5. The summed E-state index contributed by atoms with van der Waals surface area (Å²) in [6, 6.07) is 47.0. The maximum absolute atomic E-state index is 5.88. The van der Waals surface area contributed by atoms with Crippen molar-refractivity contribution in [1.82, 2.24) is 0 Å². The van der Waals surface area contributed by atoms with Gasteiger partial charge in [0.05, 0.1) is 11.4 Å². The third-order valence-electron chi connectivity index (χ3n) is 6.38. The van der Waals surface area contributed by atoms with Crippen molar-refractivity contribution in [2.45, 2.75) is 0 Å². The van der Waals surface area contributed by atoms with Crippen molar-refractivity contribution in [3.8, 4) is 11.1 Å². The molecule has 0 aliphatic carbocycles. The first-order valence-electron chi connectivity index (χ1n) is 11.5. The summed E-state index contributed by atoms with van der Waals surface area (Å²) in [6.07, 6.45) is 0. The van der Waals surface area contributed by atoms with E-state index in [1.807, 2.05) is 12.1 Å². The molecule has 2 nitrogen and oxygen atoms in total. The van der Waals surface area contributed by atoms with Crippen LogP contribution in [0.2, 0.25) is 0 Å². The zero-order chi connectivity index (χ0) is 22.9. The molecule has 0 fully saturated rings. The van der Waals surface area contributed by atoms with E-state index in [-0.39, 0.29) is 0 Å². The van der Waals surface area contributed by atoms with Gasteiger partial charge in [-0.1, -0.05) is 97.1 Å². The van der Waals surface area contributed by atoms with Crippen LogP contribution in [0.25, 0.3) is 32.7 Å². The van der Waals surface area contributed by atoms with E-state index in [9.17, 15) is 0 Å². The van der Waals surface area contributed by atoms with E-state index in [0.29, 0.717) is 0 Å². The normalized spacial score (nSPS) is 11.1. The average Bonchev–Trinajstić information content (AvgIpc) is 2.90. The maximum Gasteiger partial charge on any atom is 0.0540 e. The van der Waals surface area contributed by atoms with E-state index in [1.165, 1.54) is 27.1 Å². The van der Waals surface area contributed by atoms with Crippen LogP contribution in [0.15, 0.2) is 133 Å². The predicted molar refractivity (Wildman–Crippen MR) is 146 cm³/mol. The average molecular weight is 437 g/mol. The van der Waals surface area contributed by atoms with Crippen LogP contribution < -0.4 is 10.6 Å². The van der Waals surface area contributed by atoms with Gasteiger partial charge in [0.1, 0.15) is 0 Å². The minimum Gasteiger partial charge on any atom is -0.399 e. The Hall–Kier alpha value is -4.56. The largest absolute Gasteiger partial charge is 0.399 e. The van der Waals surface area contributed by atoms with E-state index in [1.54, 1.807) is 0 Å². The molecule has 0 spiro atoms. The summed E-state index contributed by atoms with van der Waals surface area (Å²) in [5.74, 6) is 0. The number of anilines is 4. The van der Waals surface area contributed by atoms with Gasteiger partial charge in [0.25, 0.3) is 0 Å². The second kappa shape index (κ2) is 8.42. The smallest absolute Gasteiger partial charge is 0.0540 e. The molecule has 2 N–H and O–H groups in total. The Bertz CT molecular complexity index is 1510. The number of fused-ring (bicyclic) bond motifs is 2. The molecular weight excluding hydrogens is 412 g/mol. The van der Waals surface area contributed by atoms with E-state index >= 15 is 0 Å². The lowest BCUT2D eigenvalue weighted by atomic mass is 10.0. The Balaban J connectivity index is 1.56. The molecule has 0 aliphatic rings. The fourth-order valence-electron chi connectivity index (χ4n) is 4.69. The lowest BCUT2D eigenvalue weighted by molar-refractivity contribution is 1.31. The van der Waals surface area contributed by atoms with Gasteiger partial charge in [0, 0.05) is 22.1 Å². The highest BCUT2D eigenvalue weighted by Crippen LogP contribution is 2.42. The van der Waals surface area contributed by atoms with Crippen LogP contribution in [0, 0.1) is 0 Å². The molecule has 0 heterocycles. The monoisotopic (exact) mass is 436 g/mol. The first-order chi connectivity index (χ1) is 16.8. The van der Waals surface area contributed by atoms with Gasteiger partial charge in [-0.15, -0.1) is 0 Å². The fourth-order valence-corrected chi connectivity index (χ4v) is 4.69. The molecule has 0 unspecified atom stereocenters. The highest BCUT2D eigenvalue weighted by atomic mass is 15.1. The Morgan fingerprint density at radius 3 is 1.38 bits per heavy atom. The molecule has 6 aromatic carbocycles. The predicted octanol–water partition coefficient (Wildman–Crippen LogP) is 8.71. The van der Waals surface area contributed by atoms with E-state index in [0.717, 1.165) is 28.3 Å². The van der Waals surface area contributed by atoms with E-state index in [4.69, 9.17) is 5.73 Å². The molecule has 0 atom stereocenters. The number of nitrogens with two attached hydrogens (primary N) is 1. The second-order valence-electron chi connectivity index (χ2n) is 8.50. The molecule has 6 aromatic rings. The van der Waals surface area contributed by atoms with E-state index < -0.39 is 0 Å². The number of rotatable bonds is 4. The quantitative estimate of drug-likeness (QED) is 0.280. The van der Waals surface area contributed by atoms with Gasteiger partial charge in [0.15, 0.2) is 0 Å². The molecule has 0 aromatic heterocycles. The Kier molecular flexibility index (Phi) is 4.97. The van der Waals surface area contributed by atoms with Crippen molar-refractivity contribution in [2.24, 2.45) is 0 Å². The van der Waals surface area contributed by atoms with Crippen molar-refractivity contribution >= 4 is 44.3 Å². The van der Waals surface area contributed by atoms with Gasteiger partial charge in [-0.25, -0.2) is 0 Å². The second-order valence-corrected chi connectivity index (χ2v) is 8.50. The molecule has 0 bridgehead atoms. The lowest BCUT2D eigenvalue weighted by Gasteiger charge is -2.28. The van der Waals surface area contributed by atoms with Crippen LogP contribution in [0.5, 0.6) is 0 Å². The van der Waals surface area contributed by atoms with Gasteiger partial charge in [0.2, 0.25) is 0 Å². The van der Waals surface area contributed by atoms with Crippen molar-refractivity contribution in [1.29, 1.82) is 0 Å². The topological polar surface area (TPSA) is 29.3 Å². The summed E-state index contributed by atoms with van der Waals surface area (Å²) in [6.45, 7) is 0. The standard InChI is InChI=1S/C32H24N2/c33-27-19-15-23(16-20-27)24-17-21-28(22-18-24)34(31-13-5-9-25-7-1-3-11-29(25)31)32-14-6-10-26-8-2-4-12-30(26)32/h1-22H,33H2. The van der Waals surface area contributed by atoms with Crippen molar-refractivity contribution in [3.63, 3.8) is 0 Å². The van der Waals surface area contributed by atoms with Crippen molar-refractivity contribution in [2.75, 3.05) is 10.6 Å². The maximum atomic E-state index is 5.88. The summed E-state index contributed by atoms with van der Waals surface area (Å²) in [5.41, 5.74) is 12.4. The highest BCUT2D eigenvalue weighted by molar-refractivity contribution is 6.04. The lowest BCUT2D eigenvalue weighted by Crippen LogP contribution is -2.11. The third-order valence-corrected chi connectivity index (χ3v) is 6.38. The number of benzene rings is 6. The minimum absolute atomic E-state index is 0.776. The van der Waals surface area contributed by atoms with Crippen molar-refractivity contribution in [3.05, 3.63) is 133 Å². The molecule has 162 valence electrons. The first kappa shape index (κ1) is 20.1. The van der Waals surface area contributed by atoms with Crippen LogP contribution in [0.1, 0.15) is 0 Å². The van der Waals surface area contributed by atoms with Gasteiger partial charge < -0.3 is 10.6 Å². The summed E-state index contributed by atoms with van der Waals surface area (Å²) in [4.78, 5) is 2.37. The zero-order valence-corrected chi connectivity index (χ0v) is 18.7. The molecule has 0 saturated carbocycles. The molecule has 0 aliphatic heterocycles. The van der Waals surface area contributed by atoms with Crippen LogP contribution in [-0.4, -0.2) is 0 Å². The van der Waals surface area contributed by atoms with Crippen molar-refractivity contribution < 1.29 is 0 Å². The molecule has 0 saturated heterocycles. The molecular formula is C32H24N2. The van der Waals surface area contributed by atoms with Gasteiger partial charge in [-0.3, -0.25) is 0 Å². The van der Waals surface area contributed by atoms with Gasteiger partial charge in [-0.2, -0.15) is 0 Å². The molecule has 6 rings (SSSR count). The van der Waals surface area contributed by atoms with Gasteiger partial charge in [-0.05, 0) is 58.3 Å². The minimum atomic E-state index is 0.776. The number of hydrogen-bond acceptors (Lipinski definition) is 2. The Morgan fingerprint density at radius 1 is 0.412 bits per heavy atom. The van der Waals surface area contributed by atoms with Crippen LogP contribution in [0.3, 0.4) is 0 Å². The highest BCUT2D eigenvalue weighted by Gasteiger charge is 2.17. The van der Waals surface area contributed by atoms with Gasteiger partial charge >= 0.3 is 0 Å². The molecule has 2 heteroatoms. The zero-order valence-electron chi connectivity index (χ0n) is 18.7. The summed E-state index contributed by atoms with van der Waals surface area (Å²) in [5, 5.41) is 4.90. The van der Waals surface area contributed by atoms with Crippen LogP contribution >= 0.6 is 0 Å². The number of nitrogen functional groups attached to an aromatic ring is 1. The SMILES string of the molecule is Nc1ccc(-c2ccc(N(c3cccc4ccccc34)c3cccc4ccccc34)cc2)cc1. The number of nitrogens with zero attached hydrogens (tertiary/aromatic N) is 1. The summed E-state index contributed by atoms with van der Waals surface area (Å²) in [7, 11) is 0. The summed E-state index contributed by atoms with van der Waals surface area (Å²) < 4.78 is 0. The third kappa shape index (κ3) is 3.56. The molecule has 34 heavy (non-hydrogen) atoms. The number of hydrogen-bond donors (Lipinski definition) is 1. The Morgan fingerprint density at radius 2 is 0.853 bits per heavy atom. The summed E-state index contributed by atoms with van der Waals surface area (Å²) >= 11 is 0. The molecule has 0 amide bonds.